The fraction of sp³-hybridized carbons (Fsp3) is 0.556. The van der Waals surface area contributed by atoms with E-state index in [0.717, 1.165) is 5.57 Å². The molecule has 0 spiro atoms. The molecular weight excluding hydrogens is 608 g/mol. The van der Waals surface area contributed by atoms with E-state index in [-0.39, 0.29) is 41.0 Å². The molecule has 5 rings (SSSR count). The van der Waals surface area contributed by atoms with E-state index >= 15 is 0 Å². The smallest absolute Gasteiger partial charge is 0.234 e. The number of nitrogens with zero attached hydrogens (tertiary/aromatic N) is 2. The van der Waals surface area contributed by atoms with Gasteiger partial charge in [0.2, 0.25) is 23.6 Å². The van der Waals surface area contributed by atoms with Crippen molar-refractivity contribution in [1.82, 2.24) is 9.80 Å². The van der Waals surface area contributed by atoms with Gasteiger partial charge >= 0.3 is 0 Å². The first-order valence-corrected chi connectivity index (χ1v) is 14.4. The zero-order valence-electron chi connectivity index (χ0n) is 21.0. The van der Waals surface area contributed by atoms with Gasteiger partial charge in [0.15, 0.2) is 11.5 Å². The molecule has 4 aliphatic rings. The number of benzene rings is 1. The Morgan fingerprint density at radius 3 is 2.08 bits per heavy atom. The van der Waals surface area contributed by atoms with Crippen molar-refractivity contribution in [2.75, 3.05) is 20.2 Å². The number of likely N-dealkylation sites (tertiary alicyclic amines) is 2. The number of amides is 4. The maximum absolute atomic E-state index is 13.7. The number of fused-ring (bicyclic) bond motifs is 4. The third kappa shape index (κ3) is 3.80. The minimum atomic E-state index is -0.630. The highest BCUT2D eigenvalue weighted by Crippen LogP contribution is 2.60. The van der Waals surface area contributed by atoms with Crippen LogP contribution in [0.2, 0.25) is 0 Å². The van der Waals surface area contributed by atoms with Gasteiger partial charge in [-0.25, -0.2) is 0 Å². The Morgan fingerprint density at radius 1 is 0.892 bits per heavy atom. The predicted octanol–water partition coefficient (Wildman–Crippen LogP) is 4.38. The number of hydrogen-bond donors (Lipinski definition) is 1. The number of phenolic OH excluding ortho intramolecular Hbond substituents is 1. The number of halogens is 2. The summed E-state index contributed by atoms with van der Waals surface area (Å²) in [4.78, 5) is 56.8. The Hall–Kier alpha value is -2.20. The van der Waals surface area contributed by atoms with Gasteiger partial charge in [0.25, 0.3) is 0 Å². The summed E-state index contributed by atoms with van der Waals surface area (Å²) in [6.07, 6.45) is 4.14. The number of phenols is 1. The minimum absolute atomic E-state index is 0.0760. The maximum Gasteiger partial charge on any atom is 0.234 e. The Kier molecular flexibility index (Phi) is 7.02. The number of ether oxygens (including phenoxy) is 1. The highest BCUT2D eigenvalue weighted by atomic mass is 79.9. The van der Waals surface area contributed by atoms with Crippen molar-refractivity contribution in [2.45, 2.75) is 45.4 Å². The SMILES string of the molecule is CCCN1C(=O)C2CC=C3C(CC4C(=O)N(CCC)C(=O)C4C3c3cc(OC)c(O)c(Br)c3Br)C2C1=O. The van der Waals surface area contributed by atoms with Gasteiger partial charge in [-0.3, -0.25) is 29.0 Å². The monoisotopic (exact) mass is 636 g/mol. The van der Waals surface area contributed by atoms with Crippen LogP contribution >= 0.6 is 31.9 Å². The highest BCUT2D eigenvalue weighted by molar-refractivity contribution is 9.13. The van der Waals surface area contributed by atoms with Crippen LogP contribution < -0.4 is 4.74 Å². The molecule has 3 fully saturated rings. The number of carbonyl (C=O) groups is 4. The summed E-state index contributed by atoms with van der Waals surface area (Å²) in [5.74, 6) is -3.58. The van der Waals surface area contributed by atoms with E-state index in [9.17, 15) is 24.3 Å². The zero-order valence-corrected chi connectivity index (χ0v) is 24.2. The van der Waals surface area contributed by atoms with E-state index in [1.54, 1.807) is 6.07 Å². The fourth-order valence-electron chi connectivity index (χ4n) is 6.95. The normalized spacial score (nSPS) is 30.9. The Balaban J connectivity index is 1.68. The molecule has 1 aromatic rings. The number of rotatable bonds is 6. The van der Waals surface area contributed by atoms with Crippen LogP contribution in [-0.4, -0.2) is 58.7 Å². The second-order valence-corrected chi connectivity index (χ2v) is 11.9. The molecule has 2 aliphatic heterocycles. The van der Waals surface area contributed by atoms with E-state index in [4.69, 9.17) is 4.74 Å². The summed E-state index contributed by atoms with van der Waals surface area (Å²) in [7, 11) is 1.45. The van der Waals surface area contributed by atoms with E-state index in [1.807, 2.05) is 19.9 Å². The molecule has 0 radical (unpaired) electrons. The fourth-order valence-corrected chi connectivity index (χ4v) is 7.92. The average Bonchev–Trinajstić information content (AvgIpc) is 3.27. The van der Waals surface area contributed by atoms with E-state index < -0.39 is 29.6 Å². The average molecular weight is 638 g/mol. The van der Waals surface area contributed by atoms with Crippen LogP contribution in [-0.2, 0) is 19.2 Å². The third-order valence-electron chi connectivity index (χ3n) is 8.45. The lowest BCUT2D eigenvalue weighted by Gasteiger charge is -2.44. The van der Waals surface area contributed by atoms with Crippen molar-refractivity contribution >= 4 is 55.5 Å². The lowest BCUT2D eigenvalue weighted by molar-refractivity contribution is -0.142. The van der Waals surface area contributed by atoms with Crippen LogP contribution in [0.25, 0.3) is 0 Å². The van der Waals surface area contributed by atoms with Gasteiger partial charge in [0.05, 0.1) is 35.3 Å². The zero-order chi connectivity index (χ0) is 26.8. The Morgan fingerprint density at radius 2 is 1.49 bits per heavy atom. The maximum atomic E-state index is 13.7. The minimum Gasteiger partial charge on any atom is -0.503 e. The van der Waals surface area contributed by atoms with Gasteiger partial charge in [0.1, 0.15) is 0 Å². The second kappa shape index (κ2) is 9.84. The predicted molar refractivity (Wildman–Crippen MR) is 142 cm³/mol. The lowest BCUT2D eigenvalue weighted by atomic mass is 9.57. The van der Waals surface area contributed by atoms with Gasteiger partial charge in [-0.15, -0.1) is 0 Å². The van der Waals surface area contributed by atoms with E-state index in [2.05, 4.69) is 31.9 Å². The molecule has 6 unspecified atom stereocenters. The topological polar surface area (TPSA) is 104 Å². The second-order valence-electron chi connectivity index (χ2n) is 10.3. The molecule has 8 nitrogen and oxygen atoms in total. The van der Waals surface area contributed by atoms with Crippen LogP contribution in [0.15, 0.2) is 26.7 Å². The summed E-state index contributed by atoms with van der Waals surface area (Å²) >= 11 is 7.04. The summed E-state index contributed by atoms with van der Waals surface area (Å²) in [6, 6.07) is 1.70. The molecule has 0 bridgehead atoms. The van der Waals surface area contributed by atoms with Crippen LogP contribution in [0.5, 0.6) is 11.5 Å². The molecule has 10 heteroatoms. The van der Waals surface area contributed by atoms with Crippen molar-refractivity contribution in [3.63, 3.8) is 0 Å². The molecule has 1 N–H and O–H groups in total. The molecule has 37 heavy (non-hydrogen) atoms. The summed E-state index contributed by atoms with van der Waals surface area (Å²) < 4.78 is 6.37. The van der Waals surface area contributed by atoms with Gasteiger partial charge in [-0.2, -0.15) is 0 Å². The summed E-state index contributed by atoms with van der Waals surface area (Å²) in [5.41, 5.74) is 1.62. The van der Waals surface area contributed by atoms with Crippen LogP contribution in [0, 0.1) is 29.6 Å². The van der Waals surface area contributed by atoms with Crippen molar-refractivity contribution in [2.24, 2.45) is 29.6 Å². The number of carbonyl (C=O) groups excluding carboxylic acids is 4. The largest absolute Gasteiger partial charge is 0.503 e. The molecule has 6 atom stereocenters. The van der Waals surface area contributed by atoms with Crippen molar-refractivity contribution in [3.05, 3.63) is 32.2 Å². The van der Waals surface area contributed by atoms with E-state index in [0.29, 0.717) is 53.3 Å². The number of hydrogen-bond acceptors (Lipinski definition) is 6. The third-order valence-corrected chi connectivity index (χ3v) is 10.6. The highest BCUT2D eigenvalue weighted by Gasteiger charge is 2.62. The molecule has 2 aliphatic carbocycles. The van der Waals surface area contributed by atoms with Gasteiger partial charge in [-0.1, -0.05) is 25.5 Å². The number of allylic oxidation sites excluding steroid dienone is 2. The van der Waals surface area contributed by atoms with Gasteiger partial charge in [0, 0.05) is 23.5 Å². The molecule has 2 heterocycles. The Bertz CT molecular complexity index is 1230. The van der Waals surface area contributed by atoms with Crippen LogP contribution in [0.3, 0.4) is 0 Å². The first-order valence-electron chi connectivity index (χ1n) is 12.8. The van der Waals surface area contributed by atoms with Crippen LogP contribution in [0.4, 0.5) is 0 Å². The lowest BCUT2D eigenvalue weighted by Crippen LogP contribution is -2.43. The molecule has 198 valence electrons. The Labute approximate surface area is 232 Å². The number of imide groups is 2. The van der Waals surface area contributed by atoms with Crippen molar-refractivity contribution < 1.29 is 29.0 Å². The van der Waals surface area contributed by atoms with Gasteiger partial charge < -0.3 is 9.84 Å². The number of methoxy groups -OCH3 is 1. The standard InChI is InChI=1S/C27H30Br2N2O6/c1-4-8-30-24(33)13-7-6-12-14(19(13)26(30)35)10-16-20(27(36)31(9-5-2)25(16)34)18(12)15-11-17(37-3)23(32)22(29)21(15)28/h6,11,13-14,16,18-20,32H,4-5,7-10H2,1-3H3. The number of aromatic hydroxyl groups is 1. The summed E-state index contributed by atoms with van der Waals surface area (Å²) in [5, 5.41) is 10.6. The molecular formula is C27H30Br2N2O6. The molecule has 2 saturated heterocycles. The van der Waals surface area contributed by atoms with Crippen molar-refractivity contribution in [3.8, 4) is 11.5 Å². The quantitative estimate of drug-likeness (QED) is 0.367. The first-order chi connectivity index (χ1) is 17.7. The van der Waals surface area contributed by atoms with Crippen LogP contribution in [0.1, 0.15) is 51.0 Å². The molecule has 4 amide bonds. The van der Waals surface area contributed by atoms with Crippen molar-refractivity contribution in [1.29, 1.82) is 0 Å². The first kappa shape index (κ1) is 26.4. The molecule has 1 aromatic carbocycles. The van der Waals surface area contributed by atoms with E-state index in [1.165, 1.54) is 16.9 Å². The summed E-state index contributed by atoms with van der Waals surface area (Å²) in [6.45, 7) is 4.60. The molecule has 0 aromatic heterocycles. The van der Waals surface area contributed by atoms with Gasteiger partial charge in [-0.05, 0) is 75.1 Å². The molecule has 1 saturated carbocycles.